The quantitative estimate of drug-likeness (QED) is 0.744. The van der Waals surface area contributed by atoms with Gasteiger partial charge in [0.1, 0.15) is 0 Å². The van der Waals surface area contributed by atoms with E-state index in [1.165, 1.54) is 0 Å². The molecule has 1 fully saturated rings. The zero-order chi connectivity index (χ0) is 19.4. The molecule has 0 bridgehead atoms. The Hall–Kier alpha value is -2.45. The number of aromatic nitrogens is 2. The minimum atomic E-state index is -0.241. The van der Waals surface area contributed by atoms with E-state index in [2.05, 4.69) is 20.1 Å². The lowest BCUT2D eigenvalue weighted by molar-refractivity contribution is 0.0651. The minimum absolute atomic E-state index is 0.129. The van der Waals surface area contributed by atoms with Gasteiger partial charge in [-0.05, 0) is 46.2 Å². The Kier molecular flexibility index (Phi) is 6.08. The highest BCUT2D eigenvalue weighted by atomic mass is 16.2. The molecule has 0 unspecified atom stereocenters. The number of hydrogen-bond acceptors (Lipinski definition) is 5. The third kappa shape index (κ3) is 4.45. The minimum Gasteiger partial charge on any atom is -0.351 e. The zero-order valence-electron chi connectivity index (χ0n) is 16.3. The Bertz CT molecular complexity index is 808. The average molecular weight is 372 g/mol. The number of pyridine rings is 1. The van der Waals surface area contributed by atoms with Crippen molar-refractivity contribution in [2.45, 2.75) is 6.42 Å². The van der Waals surface area contributed by atoms with Crippen LogP contribution in [0.25, 0.3) is 5.52 Å². The topological polar surface area (TPSA) is 73.2 Å². The molecule has 0 saturated carbocycles. The number of hydrogen-bond donors (Lipinski definition) is 1. The molecule has 0 spiro atoms. The van der Waals surface area contributed by atoms with E-state index >= 15 is 0 Å². The lowest BCUT2D eigenvalue weighted by Crippen LogP contribution is -2.47. The van der Waals surface area contributed by atoms with Gasteiger partial charge in [0, 0.05) is 38.9 Å². The highest BCUT2D eigenvalue weighted by Crippen LogP contribution is 2.16. The van der Waals surface area contributed by atoms with Crippen molar-refractivity contribution in [2.75, 3.05) is 60.4 Å². The number of carbonyl (C=O) groups excluding carboxylic acids is 2. The van der Waals surface area contributed by atoms with Gasteiger partial charge in [-0.15, -0.1) is 0 Å². The molecule has 0 atom stereocenters. The maximum atomic E-state index is 13.0. The Labute approximate surface area is 159 Å². The molecule has 1 aliphatic heterocycles. The lowest BCUT2D eigenvalue weighted by Gasteiger charge is -2.31. The fraction of sp³-hybridized carbons (Fsp3) is 0.526. The van der Waals surface area contributed by atoms with E-state index < -0.39 is 0 Å². The molecule has 8 heteroatoms. The second-order valence-corrected chi connectivity index (χ2v) is 7.25. The third-order valence-corrected chi connectivity index (χ3v) is 4.81. The van der Waals surface area contributed by atoms with Gasteiger partial charge in [-0.3, -0.25) is 14.0 Å². The van der Waals surface area contributed by atoms with E-state index in [1.54, 1.807) is 15.5 Å². The SMILES string of the molecule is CN(C)CCCNC(=O)c1nc(C(=O)N2CCN(C)CC2)n2ccccc12. The van der Waals surface area contributed by atoms with Crippen molar-refractivity contribution >= 4 is 17.3 Å². The summed E-state index contributed by atoms with van der Waals surface area (Å²) in [6.45, 7) is 4.50. The van der Waals surface area contributed by atoms with Gasteiger partial charge in [0.25, 0.3) is 11.8 Å². The molecule has 3 rings (SSSR count). The molecule has 27 heavy (non-hydrogen) atoms. The molecular weight excluding hydrogens is 344 g/mol. The first-order valence-electron chi connectivity index (χ1n) is 9.35. The maximum absolute atomic E-state index is 13.0. The van der Waals surface area contributed by atoms with Crippen molar-refractivity contribution in [3.05, 3.63) is 35.9 Å². The van der Waals surface area contributed by atoms with E-state index in [1.807, 2.05) is 39.3 Å². The largest absolute Gasteiger partial charge is 0.351 e. The Morgan fingerprint density at radius 3 is 2.63 bits per heavy atom. The first-order chi connectivity index (χ1) is 13.0. The summed E-state index contributed by atoms with van der Waals surface area (Å²) in [5, 5.41) is 2.91. The molecule has 2 aromatic heterocycles. The molecule has 0 radical (unpaired) electrons. The summed E-state index contributed by atoms with van der Waals surface area (Å²) < 4.78 is 1.72. The van der Waals surface area contributed by atoms with E-state index in [4.69, 9.17) is 0 Å². The molecule has 0 aliphatic carbocycles. The van der Waals surface area contributed by atoms with E-state index in [-0.39, 0.29) is 11.8 Å². The van der Waals surface area contributed by atoms with E-state index in [0.29, 0.717) is 36.7 Å². The fourth-order valence-electron chi connectivity index (χ4n) is 3.19. The van der Waals surface area contributed by atoms with Crippen LogP contribution in [-0.2, 0) is 0 Å². The van der Waals surface area contributed by atoms with Crippen molar-refractivity contribution in [3.8, 4) is 0 Å². The van der Waals surface area contributed by atoms with Crippen LogP contribution in [0.5, 0.6) is 0 Å². The summed E-state index contributed by atoms with van der Waals surface area (Å²) >= 11 is 0. The maximum Gasteiger partial charge on any atom is 0.290 e. The van der Waals surface area contributed by atoms with Gasteiger partial charge in [0.2, 0.25) is 5.82 Å². The lowest BCUT2D eigenvalue weighted by atomic mass is 10.3. The van der Waals surface area contributed by atoms with Crippen LogP contribution in [0.4, 0.5) is 0 Å². The van der Waals surface area contributed by atoms with Crippen LogP contribution in [0, 0.1) is 0 Å². The van der Waals surface area contributed by atoms with Crippen molar-refractivity contribution in [3.63, 3.8) is 0 Å². The van der Waals surface area contributed by atoms with Gasteiger partial charge in [0.05, 0.1) is 5.52 Å². The van der Waals surface area contributed by atoms with Gasteiger partial charge >= 0.3 is 0 Å². The number of rotatable bonds is 6. The third-order valence-electron chi connectivity index (χ3n) is 4.81. The highest BCUT2D eigenvalue weighted by molar-refractivity contribution is 6.02. The molecule has 146 valence electrons. The fourth-order valence-corrected chi connectivity index (χ4v) is 3.19. The van der Waals surface area contributed by atoms with Gasteiger partial charge in [0.15, 0.2) is 5.69 Å². The number of fused-ring (bicyclic) bond motifs is 1. The van der Waals surface area contributed by atoms with Gasteiger partial charge in [-0.2, -0.15) is 0 Å². The number of nitrogens with one attached hydrogen (secondary N) is 1. The first kappa shape index (κ1) is 19.3. The molecule has 3 heterocycles. The summed E-state index contributed by atoms with van der Waals surface area (Å²) in [6, 6.07) is 5.51. The number of piperazine rings is 1. The molecule has 8 nitrogen and oxygen atoms in total. The number of amides is 2. The summed E-state index contributed by atoms with van der Waals surface area (Å²) in [4.78, 5) is 36.1. The molecule has 0 aromatic carbocycles. The average Bonchev–Trinajstić information content (AvgIpc) is 3.05. The summed E-state index contributed by atoms with van der Waals surface area (Å²) in [7, 11) is 6.05. The van der Waals surface area contributed by atoms with Crippen molar-refractivity contribution in [1.29, 1.82) is 0 Å². The number of carbonyl (C=O) groups is 2. The number of likely N-dealkylation sites (N-methyl/N-ethyl adjacent to an activating group) is 1. The van der Waals surface area contributed by atoms with Crippen LogP contribution in [0.2, 0.25) is 0 Å². The normalized spacial score (nSPS) is 15.5. The molecule has 2 amide bonds. The van der Waals surface area contributed by atoms with Gasteiger partial charge < -0.3 is 20.0 Å². The zero-order valence-corrected chi connectivity index (χ0v) is 16.3. The van der Waals surface area contributed by atoms with E-state index in [0.717, 1.165) is 26.1 Å². The smallest absolute Gasteiger partial charge is 0.290 e. The Balaban J connectivity index is 1.79. The van der Waals surface area contributed by atoms with Gasteiger partial charge in [-0.1, -0.05) is 6.07 Å². The number of nitrogens with zero attached hydrogens (tertiary/aromatic N) is 5. The van der Waals surface area contributed by atoms with Crippen LogP contribution in [0.3, 0.4) is 0 Å². The highest BCUT2D eigenvalue weighted by Gasteiger charge is 2.26. The predicted octanol–water partition coefficient (Wildman–Crippen LogP) is 0.403. The Morgan fingerprint density at radius 2 is 1.93 bits per heavy atom. The molecular formula is C19H28N6O2. The van der Waals surface area contributed by atoms with Crippen molar-refractivity contribution < 1.29 is 9.59 Å². The van der Waals surface area contributed by atoms with Crippen LogP contribution in [0.1, 0.15) is 27.5 Å². The molecule has 2 aromatic rings. The predicted molar refractivity (Wildman–Crippen MR) is 104 cm³/mol. The van der Waals surface area contributed by atoms with Crippen LogP contribution < -0.4 is 5.32 Å². The standard InChI is InChI=1S/C19H28N6O2/c1-22(2)9-6-8-20-18(26)16-15-7-4-5-10-25(15)17(21-16)19(27)24-13-11-23(3)12-14-24/h4-5,7,10H,6,8-9,11-14H2,1-3H3,(H,20,26). The summed E-state index contributed by atoms with van der Waals surface area (Å²) in [6.07, 6.45) is 2.64. The van der Waals surface area contributed by atoms with E-state index in [9.17, 15) is 9.59 Å². The van der Waals surface area contributed by atoms with Crippen LogP contribution >= 0.6 is 0 Å². The molecule has 1 N–H and O–H groups in total. The second-order valence-electron chi connectivity index (χ2n) is 7.25. The van der Waals surface area contributed by atoms with Crippen LogP contribution in [-0.4, -0.2) is 96.3 Å². The summed E-state index contributed by atoms with van der Waals surface area (Å²) in [5.41, 5.74) is 0.956. The van der Waals surface area contributed by atoms with Crippen molar-refractivity contribution in [1.82, 2.24) is 29.4 Å². The second kappa shape index (κ2) is 8.49. The monoisotopic (exact) mass is 372 g/mol. The van der Waals surface area contributed by atoms with Gasteiger partial charge in [-0.25, -0.2) is 4.98 Å². The summed E-state index contributed by atoms with van der Waals surface area (Å²) in [5.74, 6) is -0.0700. The van der Waals surface area contributed by atoms with Crippen LogP contribution in [0.15, 0.2) is 24.4 Å². The first-order valence-corrected chi connectivity index (χ1v) is 9.35. The van der Waals surface area contributed by atoms with Crippen molar-refractivity contribution in [2.24, 2.45) is 0 Å². The number of imidazole rings is 1. The molecule has 1 saturated heterocycles. The Morgan fingerprint density at radius 1 is 1.19 bits per heavy atom. The molecule has 1 aliphatic rings.